The molecule has 0 saturated heterocycles. The van der Waals surface area contributed by atoms with E-state index in [0.717, 1.165) is 11.3 Å². The molecular weight excluding hydrogens is 358 g/mol. The molecule has 9 heteroatoms. The van der Waals surface area contributed by atoms with Crippen LogP contribution in [0.2, 0.25) is 0 Å². The minimum absolute atomic E-state index is 0.126. The van der Waals surface area contributed by atoms with Crippen LogP contribution in [0.15, 0.2) is 36.8 Å². The Morgan fingerprint density at radius 2 is 2.11 bits per heavy atom. The number of nitrogens with zero attached hydrogens (tertiary/aromatic N) is 5. The molecule has 0 saturated carbocycles. The smallest absolute Gasteiger partial charge is 0.232 e. The average molecular weight is 381 g/mol. The first kappa shape index (κ1) is 18.0. The summed E-state index contributed by atoms with van der Waals surface area (Å²) in [5, 5.41) is 15.1. The number of nitrogens with one attached hydrogen (secondary N) is 2. The van der Waals surface area contributed by atoms with Gasteiger partial charge in [0.2, 0.25) is 11.9 Å². The second-order valence-corrected chi connectivity index (χ2v) is 6.96. The fourth-order valence-corrected chi connectivity index (χ4v) is 3.84. The van der Waals surface area contributed by atoms with Crippen LogP contribution in [0, 0.1) is 12.8 Å². The van der Waals surface area contributed by atoms with Crippen LogP contribution in [0.5, 0.6) is 5.75 Å². The highest BCUT2D eigenvalue weighted by atomic mass is 16.5. The molecule has 0 fully saturated rings. The molecule has 0 aliphatic carbocycles. The first-order valence-electron chi connectivity index (χ1n) is 9.09. The number of aryl methyl sites for hydroxylation is 2. The third-order valence-electron chi connectivity index (χ3n) is 5.11. The standard InChI is InChI=1S/C19H23N7O2/c1-11-13(9-25(3)24-11)17-16(12(2)22-19-20-10-21-26(17)19)18(27)23-14-7-5-6-8-15(14)28-4/h5-10,12,16-17H,1-4H3,(H,23,27)(H,20,21,22). The molecule has 1 aliphatic heterocycles. The normalized spacial score (nSPS) is 20.9. The van der Waals surface area contributed by atoms with Crippen molar-refractivity contribution in [1.29, 1.82) is 0 Å². The van der Waals surface area contributed by atoms with Crippen molar-refractivity contribution in [2.75, 3.05) is 17.7 Å². The maximum Gasteiger partial charge on any atom is 0.232 e. The number of benzene rings is 1. The predicted octanol–water partition coefficient (Wildman–Crippen LogP) is 1.99. The van der Waals surface area contributed by atoms with E-state index < -0.39 is 5.92 Å². The Labute approximate surface area is 162 Å². The Morgan fingerprint density at radius 3 is 2.82 bits per heavy atom. The highest BCUT2D eigenvalue weighted by molar-refractivity contribution is 5.95. The minimum Gasteiger partial charge on any atom is -0.495 e. The summed E-state index contributed by atoms with van der Waals surface area (Å²) in [7, 11) is 3.45. The number of carbonyl (C=O) groups excluding carboxylic acids is 1. The van der Waals surface area contributed by atoms with Crippen molar-refractivity contribution in [3.8, 4) is 5.75 Å². The van der Waals surface area contributed by atoms with E-state index in [1.807, 2.05) is 51.4 Å². The number of hydrogen-bond donors (Lipinski definition) is 2. The highest BCUT2D eigenvalue weighted by Gasteiger charge is 2.42. The van der Waals surface area contributed by atoms with Crippen LogP contribution in [0.1, 0.15) is 24.2 Å². The summed E-state index contributed by atoms with van der Waals surface area (Å²) in [4.78, 5) is 17.7. The largest absolute Gasteiger partial charge is 0.495 e. The Kier molecular flexibility index (Phi) is 4.50. The van der Waals surface area contributed by atoms with Crippen molar-refractivity contribution >= 4 is 17.5 Å². The summed E-state index contributed by atoms with van der Waals surface area (Å²) < 4.78 is 8.88. The lowest BCUT2D eigenvalue weighted by molar-refractivity contribution is -0.121. The van der Waals surface area contributed by atoms with Crippen molar-refractivity contribution in [3.05, 3.63) is 48.0 Å². The van der Waals surface area contributed by atoms with Crippen LogP contribution in [-0.2, 0) is 11.8 Å². The number of para-hydroxylation sites is 2. The monoisotopic (exact) mass is 381 g/mol. The minimum atomic E-state index is -0.429. The van der Waals surface area contributed by atoms with E-state index in [4.69, 9.17) is 4.74 Å². The van der Waals surface area contributed by atoms with Gasteiger partial charge in [-0.3, -0.25) is 9.48 Å². The molecule has 1 aliphatic rings. The number of fused-ring (bicyclic) bond motifs is 1. The van der Waals surface area contributed by atoms with Gasteiger partial charge in [0.05, 0.1) is 30.5 Å². The second kappa shape index (κ2) is 6.99. The van der Waals surface area contributed by atoms with E-state index in [2.05, 4.69) is 25.8 Å². The van der Waals surface area contributed by atoms with Crippen LogP contribution in [0.4, 0.5) is 11.6 Å². The molecule has 9 nitrogen and oxygen atoms in total. The molecule has 146 valence electrons. The lowest BCUT2D eigenvalue weighted by Gasteiger charge is -2.36. The highest BCUT2D eigenvalue weighted by Crippen LogP contribution is 2.38. The van der Waals surface area contributed by atoms with Crippen molar-refractivity contribution in [2.45, 2.75) is 25.9 Å². The summed E-state index contributed by atoms with van der Waals surface area (Å²) in [6.07, 6.45) is 3.43. The molecule has 0 radical (unpaired) electrons. The van der Waals surface area contributed by atoms with Gasteiger partial charge in [-0.2, -0.15) is 15.2 Å². The van der Waals surface area contributed by atoms with Gasteiger partial charge in [-0.05, 0) is 26.0 Å². The Morgan fingerprint density at radius 1 is 1.32 bits per heavy atom. The molecule has 2 N–H and O–H groups in total. The molecular formula is C19H23N7O2. The van der Waals surface area contributed by atoms with Crippen molar-refractivity contribution in [2.24, 2.45) is 13.0 Å². The molecule has 28 heavy (non-hydrogen) atoms. The fraction of sp³-hybridized carbons (Fsp3) is 0.368. The van der Waals surface area contributed by atoms with Crippen molar-refractivity contribution in [3.63, 3.8) is 0 Å². The summed E-state index contributed by atoms with van der Waals surface area (Å²) in [5.41, 5.74) is 2.44. The molecule has 4 rings (SSSR count). The molecule has 1 aromatic carbocycles. The Balaban J connectivity index is 1.75. The lowest BCUT2D eigenvalue weighted by atomic mass is 9.85. The number of ether oxygens (including phenoxy) is 1. The van der Waals surface area contributed by atoms with Gasteiger partial charge in [-0.15, -0.1) is 0 Å². The Bertz CT molecular complexity index is 1010. The third kappa shape index (κ3) is 2.98. The molecule has 1 amide bonds. The lowest BCUT2D eigenvalue weighted by Crippen LogP contribution is -2.46. The number of methoxy groups -OCH3 is 1. The van der Waals surface area contributed by atoms with Crippen LogP contribution in [0.25, 0.3) is 0 Å². The number of amides is 1. The van der Waals surface area contributed by atoms with Gasteiger partial charge >= 0.3 is 0 Å². The van der Waals surface area contributed by atoms with Crippen LogP contribution >= 0.6 is 0 Å². The van der Waals surface area contributed by atoms with E-state index in [0.29, 0.717) is 17.4 Å². The molecule has 2 aromatic heterocycles. The average Bonchev–Trinajstić information content (AvgIpc) is 3.26. The van der Waals surface area contributed by atoms with Gasteiger partial charge in [0, 0.05) is 24.8 Å². The first-order valence-corrected chi connectivity index (χ1v) is 9.09. The Hall–Kier alpha value is -3.36. The number of anilines is 2. The number of carbonyl (C=O) groups is 1. The second-order valence-electron chi connectivity index (χ2n) is 6.96. The van der Waals surface area contributed by atoms with E-state index in [-0.39, 0.29) is 18.0 Å². The summed E-state index contributed by atoms with van der Waals surface area (Å²) in [6, 6.07) is 6.88. The summed E-state index contributed by atoms with van der Waals surface area (Å²) in [5.74, 6) is 0.700. The predicted molar refractivity (Wildman–Crippen MR) is 104 cm³/mol. The summed E-state index contributed by atoms with van der Waals surface area (Å²) in [6.45, 7) is 3.91. The summed E-state index contributed by atoms with van der Waals surface area (Å²) >= 11 is 0. The molecule has 3 aromatic rings. The van der Waals surface area contributed by atoms with Crippen LogP contribution in [-0.4, -0.2) is 43.6 Å². The number of hydrogen-bond acceptors (Lipinski definition) is 6. The first-order chi connectivity index (χ1) is 13.5. The molecule has 0 bridgehead atoms. The zero-order chi connectivity index (χ0) is 19.8. The van der Waals surface area contributed by atoms with Gasteiger partial charge in [0.25, 0.3) is 0 Å². The maximum atomic E-state index is 13.4. The fourth-order valence-electron chi connectivity index (χ4n) is 3.84. The topological polar surface area (TPSA) is 98.9 Å². The van der Waals surface area contributed by atoms with Gasteiger partial charge < -0.3 is 15.4 Å². The van der Waals surface area contributed by atoms with E-state index in [9.17, 15) is 4.79 Å². The maximum absolute atomic E-state index is 13.4. The molecule has 0 spiro atoms. The van der Waals surface area contributed by atoms with E-state index in [1.165, 1.54) is 6.33 Å². The van der Waals surface area contributed by atoms with E-state index in [1.54, 1.807) is 16.5 Å². The van der Waals surface area contributed by atoms with E-state index >= 15 is 0 Å². The quantitative estimate of drug-likeness (QED) is 0.717. The van der Waals surface area contributed by atoms with Crippen molar-refractivity contribution < 1.29 is 9.53 Å². The van der Waals surface area contributed by atoms with Crippen molar-refractivity contribution in [1.82, 2.24) is 24.5 Å². The van der Waals surface area contributed by atoms with Crippen LogP contribution < -0.4 is 15.4 Å². The zero-order valence-corrected chi connectivity index (χ0v) is 16.2. The molecule has 3 unspecified atom stereocenters. The van der Waals surface area contributed by atoms with Gasteiger partial charge in [0.15, 0.2) is 0 Å². The molecule has 3 heterocycles. The SMILES string of the molecule is COc1ccccc1NC(=O)C1C(C)Nc2ncnn2C1c1cn(C)nc1C. The van der Waals surface area contributed by atoms with Gasteiger partial charge in [0.1, 0.15) is 12.1 Å². The number of rotatable bonds is 4. The van der Waals surface area contributed by atoms with Crippen LogP contribution in [0.3, 0.4) is 0 Å². The van der Waals surface area contributed by atoms with Gasteiger partial charge in [-0.1, -0.05) is 12.1 Å². The molecule has 3 atom stereocenters. The van der Waals surface area contributed by atoms with Gasteiger partial charge in [-0.25, -0.2) is 4.68 Å². The zero-order valence-electron chi connectivity index (χ0n) is 16.2. The third-order valence-corrected chi connectivity index (χ3v) is 5.11. The number of aromatic nitrogens is 5.